The molecule has 5 aromatic rings. The Bertz CT molecular complexity index is 1550. The van der Waals surface area contributed by atoms with Crippen LogP contribution < -0.4 is 0 Å². The molecule has 0 amide bonds. The smallest absolute Gasteiger partial charge is 0.178 e. The molecular weight excluding hydrogens is 691 g/mol. The van der Waals surface area contributed by atoms with Crippen molar-refractivity contribution in [3.63, 3.8) is 0 Å². The van der Waals surface area contributed by atoms with E-state index in [1.54, 1.807) is 28.9 Å². The molecule has 1 heterocycles. The molecule has 4 aromatic carbocycles. The molecule has 12 heteroatoms. The van der Waals surface area contributed by atoms with Gasteiger partial charge >= 0.3 is 0 Å². The predicted molar refractivity (Wildman–Crippen MR) is 151 cm³/mol. The number of terminal acetylenes is 1. The molecule has 0 fully saturated rings. The summed E-state index contributed by atoms with van der Waals surface area (Å²) >= 11 is 0. The Morgan fingerprint density at radius 1 is 0.738 bits per heavy atom. The van der Waals surface area contributed by atoms with Crippen LogP contribution in [-0.2, 0) is 52.4 Å². The van der Waals surface area contributed by atoms with Gasteiger partial charge in [0.25, 0.3) is 0 Å². The molecule has 0 radical (unpaired) electrons. The number of aliphatic hydroxyl groups excluding tert-OH is 2. The van der Waals surface area contributed by atoms with Crippen molar-refractivity contribution in [3.05, 3.63) is 143 Å². The first-order chi connectivity index (χ1) is 19.4. The van der Waals surface area contributed by atoms with Crippen LogP contribution in [0.2, 0.25) is 0 Å². The Morgan fingerprint density at radius 2 is 1.24 bits per heavy atom. The zero-order chi connectivity index (χ0) is 28.7. The summed E-state index contributed by atoms with van der Waals surface area (Å²) in [6.45, 7) is 0. The molecule has 0 aliphatic heterocycles. The number of nitrogens with zero attached hydrogens (tertiary/aromatic N) is 6. The van der Waals surface area contributed by atoms with Gasteiger partial charge < -0.3 is 20.4 Å². The van der Waals surface area contributed by atoms with E-state index in [1.165, 1.54) is 24.3 Å². The van der Waals surface area contributed by atoms with Gasteiger partial charge in [0, 0.05) is 85.3 Å². The zero-order valence-corrected chi connectivity index (χ0v) is 27.1. The number of benzene rings is 4. The van der Waals surface area contributed by atoms with Gasteiger partial charge in [0.2, 0.25) is 0 Å². The average molecular weight is 717 g/mol. The van der Waals surface area contributed by atoms with Crippen LogP contribution in [0.25, 0.3) is 27.4 Å². The van der Waals surface area contributed by atoms with Crippen LogP contribution in [0.15, 0.2) is 121 Å². The SMILES string of the molecule is C#Cc1ccccc1.OC(O)c1ccc(-n2cc(-c3ccccc3)nn2)cc1.[N-]=[N+]=Nc1ccc(C(O)O)cc1.[Zr].[Zr]. The Hall–Kier alpha value is -3.50. The van der Waals surface area contributed by atoms with E-state index in [4.69, 9.17) is 32.4 Å². The number of hydrogen-bond donors (Lipinski definition) is 4. The second-order valence-electron chi connectivity index (χ2n) is 8.04. The Kier molecular flexibility index (Phi) is 17.0. The van der Waals surface area contributed by atoms with Gasteiger partial charge in [-0.25, -0.2) is 4.68 Å². The predicted octanol–water partition coefficient (Wildman–Crippen LogP) is 5.19. The van der Waals surface area contributed by atoms with E-state index in [1.807, 2.05) is 66.9 Å². The quantitative estimate of drug-likeness (QED) is 0.0644. The maximum absolute atomic E-state index is 9.06. The second-order valence-corrected chi connectivity index (χ2v) is 8.04. The third kappa shape index (κ3) is 11.8. The maximum Gasteiger partial charge on any atom is 0.178 e. The van der Waals surface area contributed by atoms with Crippen LogP contribution in [0.3, 0.4) is 0 Å². The fourth-order valence-corrected chi connectivity index (χ4v) is 3.23. The van der Waals surface area contributed by atoms with Gasteiger partial charge in [-0.2, -0.15) is 0 Å². The normalized spacial score (nSPS) is 9.45. The van der Waals surface area contributed by atoms with Crippen LogP contribution in [0.5, 0.6) is 0 Å². The Labute approximate surface area is 281 Å². The fraction of sp³-hybridized carbons (Fsp3) is 0.0667. The standard InChI is InChI=1S/C15H13N3O2.C8H6.C7H7N3O2.2Zr/c19-15(20)12-6-8-13(9-7-12)18-10-14(16-17-18)11-4-2-1-3-5-11;1-2-8-6-4-3-5-7-8;8-10-9-6-3-1-5(2-4-6)7(11)12;;/h1-10,15,19-20H;1,3-7H;1-4,7,11-12H;;. The summed E-state index contributed by atoms with van der Waals surface area (Å²) in [6.07, 6.45) is 3.99. The molecule has 0 spiro atoms. The third-order valence-electron chi connectivity index (χ3n) is 5.31. The topological polar surface area (TPSA) is 160 Å². The summed E-state index contributed by atoms with van der Waals surface area (Å²) in [5, 5.41) is 47.0. The molecule has 0 aliphatic rings. The first-order valence-corrected chi connectivity index (χ1v) is 11.9. The summed E-state index contributed by atoms with van der Waals surface area (Å²) in [5.41, 5.74) is 12.8. The fourth-order valence-electron chi connectivity index (χ4n) is 3.23. The number of hydrogen-bond acceptors (Lipinski definition) is 7. The molecule has 0 bridgehead atoms. The number of azide groups is 1. The van der Waals surface area contributed by atoms with Crippen molar-refractivity contribution in [1.29, 1.82) is 0 Å². The van der Waals surface area contributed by atoms with Crippen LogP contribution >= 0.6 is 0 Å². The summed E-state index contributed by atoms with van der Waals surface area (Å²) in [7, 11) is 0. The maximum atomic E-state index is 9.06. The second kappa shape index (κ2) is 19.6. The summed E-state index contributed by atoms with van der Waals surface area (Å²) < 4.78 is 1.65. The Morgan fingerprint density at radius 3 is 1.69 bits per heavy atom. The van der Waals surface area contributed by atoms with Crippen molar-refractivity contribution in [1.82, 2.24) is 15.0 Å². The molecule has 0 atom stereocenters. The van der Waals surface area contributed by atoms with Crippen molar-refractivity contribution < 1.29 is 72.8 Å². The molecule has 0 saturated carbocycles. The van der Waals surface area contributed by atoms with Crippen LogP contribution in [0, 0.1) is 12.3 Å². The first kappa shape index (κ1) is 36.5. The van der Waals surface area contributed by atoms with Crippen molar-refractivity contribution in [3.8, 4) is 29.3 Å². The largest absolute Gasteiger partial charge is 0.364 e. The van der Waals surface area contributed by atoms with Gasteiger partial charge in [-0.15, -0.1) is 11.5 Å². The molecule has 10 nitrogen and oxygen atoms in total. The summed E-state index contributed by atoms with van der Waals surface area (Å²) in [4.78, 5) is 2.58. The van der Waals surface area contributed by atoms with Crippen molar-refractivity contribution in [2.45, 2.75) is 12.6 Å². The van der Waals surface area contributed by atoms with Crippen molar-refractivity contribution in [2.75, 3.05) is 0 Å². The molecule has 208 valence electrons. The zero-order valence-electron chi connectivity index (χ0n) is 22.2. The van der Waals surface area contributed by atoms with E-state index < -0.39 is 12.6 Å². The minimum atomic E-state index is -1.48. The van der Waals surface area contributed by atoms with Crippen molar-refractivity contribution >= 4 is 5.69 Å². The van der Waals surface area contributed by atoms with Gasteiger partial charge in [-0.3, -0.25) is 0 Å². The van der Waals surface area contributed by atoms with Gasteiger partial charge in [0.1, 0.15) is 5.69 Å². The van der Waals surface area contributed by atoms with Crippen LogP contribution in [-0.4, -0.2) is 35.4 Å². The molecule has 0 saturated heterocycles. The molecule has 42 heavy (non-hydrogen) atoms. The molecular formula is C30H26N6O4Zr2. The van der Waals surface area contributed by atoms with E-state index in [9.17, 15) is 0 Å². The van der Waals surface area contributed by atoms with Crippen molar-refractivity contribution in [2.24, 2.45) is 5.11 Å². The first-order valence-electron chi connectivity index (χ1n) is 11.9. The molecule has 0 aliphatic carbocycles. The number of rotatable bonds is 5. The Balaban J connectivity index is 0.000000343. The van der Waals surface area contributed by atoms with E-state index in [0.29, 0.717) is 16.8 Å². The molecule has 1 aromatic heterocycles. The van der Waals surface area contributed by atoms with E-state index in [0.717, 1.165) is 22.5 Å². The van der Waals surface area contributed by atoms with E-state index >= 15 is 0 Å². The summed E-state index contributed by atoms with van der Waals surface area (Å²) in [5.74, 6) is 2.53. The van der Waals surface area contributed by atoms with Crippen LogP contribution in [0.1, 0.15) is 29.3 Å². The van der Waals surface area contributed by atoms with E-state index in [-0.39, 0.29) is 52.4 Å². The van der Waals surface area contributed by atoms with E-state index in [2.05, 4.69) is 26.3 Å². The molecule has 5 rings (SSSR count). The number of aromatic nitrogens is 3. The molecule has 0 unspecified atom stereocenters. The monoisotopic (exact) mass is 714 g/mol. The van der Waals surface area contributed by atoms with Gasteiger partial charge in [0.15, 0.2) is 12.6 Å². The third-order valence-corrected chi connectivity index (χ3v) is 5.31. The number of aliphatic hydroxyl groups is 4. The minimum absolute atomic E-state index is 0. The van der Waals surface area contributed by atoms with Gasteiger partial charge in [0.05, 0.1) is 11.9 Å². The van der Waals surface area contributed by atoms with Gasteiger partial charge in [-0.05, 0) is 29.8 Å². The average Bonchev–Trinajstić information content (AvgIpc) is 3.50. The molecule has 4 N–H and O–H groups in total. The minimum Gasteiger partial charge on any atom is -0.364 e. The van der Waals surface area contributed by atoms with Crippen LogP contribution in [0.4, 0.5) is 5.69 Å². The summed E-state index contributed by atoms with van der Waals surface area (Å²) in [6, 6.07) is 32.2. The van der Waals surface area contributed by atoms with Gasteiger partial charge in [-0.1, -0.05) is 101 Å².